The summed E-state index contributed by atoms with van der Waals surface area (Å²) >= 11 is 0. The van der Waals surface area contributed by atoms with Crippen LogP contribution in [0, 0.1) is 12.8 Å². The molecular weight excluding hydrogens is 338 g/mol. The molecule has 5 heteroatoms. The van der Waals surface area contributed by atoms with Crippen molar-refractivity contribution in [2.45, 2.75) is 26.8 Å². The van der Waals surface area contributed by atoms with Gasteiger partial charge in [0.2, 0.25) is 5.43 Å². The van der Waals surface area contributed by atoms with E-state index in [-0.39, 0.29) is 23.1 Å². The molecule has 1 heterocycles. The molecule has 0 unspecified atom stereocenters. The molecule has 0 radical (unpaired) electrons. The zero-order valence-electron chi connectivity index (χ0n) is 15.7. The number of hydrogen-bond donors (Lipinski definition) is 1. The number of carbonyl (C=O) groups is 1. The van der Waals surface area contributed by atoms with Crippen LogP contribution in [0.3, 0.4) is 0 Å². The molecule has 0 saturated heterocycles. The van der Waals surface area contributed by atoms with Crippen LogP contribution in [0.25, 0.3) is 5.69 Å². The Morgan fingerprint density at radius 1 is 1.00 bits per heavy atom. The SMILES string of the molecule is Cc1cc(=O)c(C(=O)N[C@@H](c2ccccc2)C(C)C)nn1-c1ccccc1. The molecule has 1 aromatic heterocycles. The van der Waals surface area contributed by atoms with Crippen LogP contribution in [0.4, 0.5) is 0 Å². The number of aryl methyl sites for hydroxylation is 1. The summed E-state index contributed by atoms with van der Waals surface area (Å²) in [5.41, 5.74) is 1.98. The number of para-hydroxylation sites is 1. The number of nitrogens with one attached hydrogen (secondary N) is 1. The predicted octanol–water partition coefficient (Wildman–Crippen LogP) is 3.67. The Morgan fingerprint density at radius 2 is 1.59 bits per heavy atom. The van der Waals surface area contributed by atoms with Crippen LogP contribution in [0.5, 0.6) is 0 Å². The quantitative estimate of drug-likeness (QED) is 0.754. The summed E-state index contributed by atoms with van der Waals surface area (Å²) in [6, 6.07) is 20.4. The smallest absolute Gasteiger partial charge is 0.276 e. The number of rotatable bonds is 5. The van der Waals surface area contributed by atoms with Gasteiger partial charge in [-0.2, -0.15) is 5.10 Å². The van der Waals surface area contributed by atoms with Gasteiger partial charge in [-0.05, 0) is 30.5 Å². The fraction of sp³-hybridized carbons (Fsp3) is 0.227. The van der Waals surface area contributed by atoms with Crippen molar-refractivity contribution in [1.82, 2.24) is 15.1 Å². The highest BCUT2D eigenvalue weighted by Crippen LogP contribution is 2.21. The largest absolute Gasteiger partial charge is 0.343 e. The van der Waals surface area contributed by atoms with Gasteiger partial charge in [-0.25, -0.2) is 4.68 Å². The summed E-state index contributed by atoms with van der Waals surface area (Å²) in [5, 5.41) is 7.31. The minimum atomic E-state index is -0.466. The Balaban J connectivity index is 1.96. The summed E-state index contributed by atoms with van der Waals surface area (Å²) in [6.45, 7) is 5.86. The van der Waals surface area contributed by atoms with Crippen LogP contribution in [-0.2, 0) is 0 Å². The Morgan fingerprint density at radius 3 is 2.19 bits per heavy atom. The topological polar surface area (TPSA) is 64.0 Å². The van der Waals surface area contributed by atoms with Crippen molar-refractivity contribution >= 4 is 5.91 Å². The fourth-order valence-electron chi connectivity index (χ4n) is 3.04. The van der Waals surface area contributed by atoms with E-state index in [4.69, 9.17) is 0 Å². The molecule has 0 aliphatic rings. The molecule has 3 aromatic rings. The second-order valence-electron chi connectivity index (χ2n) is 6.85. The van der Waals surface area contributed by atoms with Crippen LogP contribution in [0.1, 0.15) is 41.6 Å². The minimum Gasteiger partial charge on any atom is -0.343 e. The highest BCUT2D eigenvalue weighted by molar-refractivity contribution is 5.92. The van der Waals surface area contributed by atoms with Gasteiger partial charge in [0.1, 0.15) is 0 Å². The van der Waals surface area contributed by atoms with Gasteiger partial charge in [0.25, 0.3) is 5.91 Å². The average Bonchev–Trinajstić information content (AvgIpc) is 2.67. The lowest BCUT2D eigenvalue weighted by atomic mass is 9.96. The van der Waals surface area contributed by atoms with Crippen LogP contribution >= 0.6 is 0 Å². The Bertz CT molecular complexity index is 979. The van der Waals surface area contributed by atoms with Gasteiger partial charge >= 0.3 is 0 Å². The van der Waals surface area contributed by atoms with E-state index >= 15 is 0 Å². The van der Waals surface area contributed by atoms with Crippen molar-refractivity contribution in [2.75, 3.05) is 0 Å². The van der Waals surface area contributed by atoms with Gasteiger partial charge in [-0.1, -0.05) is 62.4 Å². The fourth-order valence-corrected chi connectivity index (χ4v) is 3.04. The highest BCUT2D eigenvalue weighted by Gasteiger charge is 2.22. The molecule has 0 aliphatic heterocycles. The Hall–Kier alpha value is -3.21. The molecule has 0 aliphatic carbocycles. The zero-order valence-corrected chi connectivity index (χ0v) is 15.7. The maximum Gasteiger partial charge on any atom is 0.276 e. The van der Waals surface area contributed by atoms with E-state index in [9.17, 15) is 9.59 Å². The van der Waals surface area contributed by atoms with Gasteiger partial charge in [-0.3, -0.25) is 9.59 Å². The van der Waals surface area contributed by atoms with E-state index in [2.05, 4.69) is 10.4 Å². The van der Waals surface area contributed by atoms with E-state index in [1.54, 1.807) is 11.6 Å². The maximum atomic E-state index is 12.9. The van der Waals surface area contributed by atoms with E-state index in [0.717, 1.165) is 11.3 Å². The van der Waals surface area contributed by atoms with E-state index < -0.39 is 5.91 Å². The molecule has 0 bridgehead atoms. The van der Waals surface area contributed by atoms with E-state index in [0.29, 0.717) is 5.69 Å². The first-order valence-electron chi connectivity index (χ1n) is 8.99. The lowest BCUT2D eigenvalue weighted by Gasteiger charge is -2.23. The van der Waals surface area contributed by atoms with Crippen molar-refractivity contribution in [3.05, 3.63) is 93.9 Å². The average molecular weight is 361 g/mol. The standard InChI is InChI=1S/C22H23N3O2/c1-15(2)20(17-10-6-4-7-11-17)23-22(27)21-19(26)14-16(3)25(24-21)18-12-8-5-9-13-18/h4-15,20H,1-3H3,(H,23,27)/t20-/m1/s1. The molecule has 3 rings (SSSR count). The van der Waals surface area contributed by atoms with E-state index in [1.807, 2.05) is 74.5 Å². The van der Waals surface area contributed by atoms with Crippen molar-refractivity contribution in [3.8, 4) is 5.69 Å². The molecule has 0 saturated carbocycles. The zero-order chi connectivity index (χ0) is 19.4. The third-order valence-corrected chi connectivity index (χ3v) is 4.44. The van der Waals surface area contributed by atoms with Crippen LogP contribution in [0.15, 0.2) is 71.5 Å². The highest BCUT2D eigenvalue weighted by atomic mass is 16.2. The van der Waals surface area contributed by atoms with Crippen molar-refractivity contribution in [1.29, 1.82) is 0 Å². The first-order valence-corrected chi connectivity index (χ1v) is 8.99. The van der Waals surface area contributed by atoms with Crippen LogP contribution in [0.2, 0.25) is 0 Å². The van der Waals surface area contributed by atoms with Crippen molar-refractivity contribution in [2.24, 2.45) is 5.92 Å². The molecular formula is C22H23N3O2. The second-order valence-corrected chi connectivity index (χ2v) is 6.85. The number of nitrogens with zero attached hydrogens (tertiary/aromatic N) is 2. The number of aromatic nitrogens is 2. The first kappa shape index (κ1) is 18.6. The van der Waals surface area contributed by atoms with Crippen molar-refractivity contribution < 1.29 is 4.79 Å². The Labute approximate surface area is 158 Å². The third kappa shape index (κ3) is 4.14. The Kier molecular flexibility index (Phi) is 5.50. The van der Waals surface area contributed by atoms with Gasteiger partial charge in [0.05, 0.1) is 11.7 Å². The van der Waals surface area contributed by atoms with Gasteiger partial charge in [0.15, 0.2) is 5.69 Å². The first-order chi connectivity index (χ1) is 13.0. The monoisotopic (exact) mass is 361 g/mol. The summed E-state index contributed by atoms with van der Waals surface area (Å²) in [4.78, 5) is 25.3. The summed E-state index contributed by atoms with van der Waals surface area (Å²) < 4.78 is 1.61. The maximum absolute atomic E-state index is 12.9. The predicted molar refractivity (Wildman–Crippen MR) is 106 cm³/mol. The van der Waals surface area contributed by atoms with Gasteiger partial charge in [-0.15, -0.1) is 0 Å². The number of amides is 1. The lowest BCUT2D eigenvalue weighted by molar-refractivity contribution is 0.0917. The van der Waals surface area contributed by atoms with Crippen molar-refractivity contribution in [3.63, 3.8) is 0 Å². The van der Waals surface area contributed by atoms with E-state index in [1.165, 1.54) is 6.07 Å². The molecule has 27 heavy (non-hydrogen) atoms. The molecule has 138 valence electrons. The normalized spacial score (nSPS) is 12.0. The number of hydrogen-bond acceptors (Lipinski definition) is 3. The molecule has 1 amide bonds. The summed E-state index contributed by atoms with van der Waals surface area (Å²) in [6.07, 6.45) is 0. The van der Waals surface area contributed by atoms with Gasteiger partial charge < -0.3 is 5.32 Å². The number of carbonyl (C=O) groups excluding carboxylic acids is 1. The summed E-state index contributed by atoms with van der Waals surface area (Å²) in [7, 11) is 0. The van der Waals surface area contributed by atoms with Crippen LogP contribution in [-0.4, -0.2) is 15.7 Å². The van der Waals surface area contributed by atoms with Crippen LogP contribution < -0.4 is 10.7 Å². The third-order valence-electron chi connectivity index (χ3n) is 4.44. The van der Waals surface area contributed by atoms with Gasteiger partial charge in [0, 0.05) is 11.8 Å². The molecule has 5 nitrogen and oxygen atoms in total. The minimum absolute atomic E-state index is 0.106. The summed E-state index contributed by atoms with van der Waals surface area (Å²) in [5.74, 6) is -0.301. The lowest BCUT2D eigenvalue weighted by Crippen LogP contribution is -2.36. The molecule has 0 fully saturated rings. The second kappa shape index (κ2) is 7.99. The molecule has 2 aromatic carbocycles. The molecule has 0 spiro atoms. The molecule has 1 N–H and O–H groups in total. The molecule has 1 atom stereocenters. The number of benzene rings is 2.